The Balaban J connectivity index is 1.72. The number of amides is 3. The van der Waals surface area contributed by atoms with Gasteiger partial charge in [-0.05, 0) is 25.0 Å². The van der Waals surface area contributed by atoms with Crippen LogP contribution in [0.4, 0.5) is 9.18 Å². The third-order valence-corrected chi connectivity index (χ3v) is 3.14. The molecular weight excluding hydrogens is 263 g/mol. The monoisotopic (exact) mass is 280 g/mol. The predicted molar refractivity (Wildman–Crippen MR) is 70.8 cm³/mol. The third-order valence-electron chi connectivity index (χ3n) is 3.14. The van der Waals surface area contributed by atoms with Crippen molar-refractivity contribution >= 4 is 11.9 Å². The van der Waals surface area contributed by atoms with E-state index in [9.17, 15) is 14.0 Å². The summed E-state index contributed by atoms with van der Waals surface area (Å²) in [5.41, 5.74) is 0. The number of para-hydroxylation sites is 1. The summed E-state index contributed by atoms with van der Waals surface area (Å²) in [5, 5.41) is 4.88. The lowest BCUT2D eigenvalue weighted by Crippen LogP contribution is -2.45. The largest absolute Gasteiger partial charge is 0.481 e. The lowest BCUT2D eigenvalue weighted by atomic mass is 10.2. The number of ether oxygens (including phenoxy) is 1. The van der Waals surface area contributed by atoms with E-state index in [0.717, 1.165) is 25.7 Å². The zero-order valence-electron chi connectivity index (χ0n) is 11.0. The van der Waals surface area contributed by atoms with Crippen LogP contribution in [0.25, 0.3) is 0 Å². The van der Waals surface area contributed by atoms with E-state index in [1.807, 2.05) is 0 Å². The highest BCUT2D eigenvalue weighted by atomic mass is 19.1. The fourth-order valence-corrected chi connectivity index (χ4v) is 2.16. The molecule has 0 aliphatic heterocycles. The summed E-state index contributed by atoms with van der Waals surface area (Å²) >= 11 is 0. The van der Waals surface area contributed by atoms with Crippen LogP contribution in [-0.4, -0.2) is 24.6 Å². The first kappa shape index (κ1) is 14.3. The van der Waals surface area contributed by atoms with Crippen molar-refractivity contribution in [1.29, 1.82) is 0 Å². The van der Waals surface area contributed by atoms with E-state index >= 15 is 0 Å². The van der Waals surface area contributed by atoms with E-state index in [4.69, 9.17) is 4.74 Å². The number of hydrogen-bond donors (Lipinski definition) is 2. The summed E-state index contributed by atoms with van der Waals surface area (Å²) in [4.78, 5) is 23.0. The van der Waals surface area contributed by atoms with Crippen molar-refractivity contribution in [2.75, 3.05) is 6.61 Å². The summed E-state index contributed by atoms with van der Waals surface area (Å²) in [6, 6.07) is 5.39. The minimum Gasteiger partial charge on any atom is -0.481 e. The SMILES string of the molecule is O=C(COc1ccccc1F)NC(=O)NC1CCCC1. The van der Waals surface area contributed by atoms with Crippen LogP contribution in [0.1, 0.15) is 25.7 Å². The first-order valence-corrected chi connectivity index (χ1v) is 6.63. The molecular formula is C14H17FN2O3. The summed E-state index contributed by atoms with van der Waals surface area (Å²) in [5.74, 6) is -1.17. The molecule has 2 N–H and O–H groups in total. The van der Waals surface area contributed by atoms with E-state index in [0.29, 0.717) is 0 Å². The molecule has 0 atom stereocenters. The van der Waals surface area contributed by atoms with E-state index in [2.05, 4.69) is 10.6 Å². The van der Waals surface area contributed by atoms with Crippen LogP contribution in [0.2, 0.25) is 0 Å². The number of rotatable bonds is 4. The van der Waals surface area contributed by atoms with Gasteiger partial charge in [0.15, 0.2) is 18.2 Å². The molecule has 0 saturated heterocycles. The van der Waals surface area contributed by atoms with Crippen LogP contribution in [0, 0.1) is 5.82 Å². The number of carbonyl (C=O) groups is 2. The van der Waals surface area contributed by atoms with E-state index in [-0.39, 0.29) is 11.8 Å². The number of hydrogen-bond acceptors (Lipinski definition) is 3. The second kappa shape index (κ2) is 6.88. The van der Waals surface area contributed by atoms with Gasteiger partial charge in [-0.25, -0.2) is 9.18 Å². The molecule has 0 unspecified atom stereocenters. The van der Waals surface area contributed by atoms with Gasteiger partial charge in [-0.1, -0.05) is 25.0 Å². The lowest BCUT2D eigenvalue weighted by molar-refractivity contribution is -0.122. The van der Waals surface area contributed by atoms with Crippen molar-refractivity contribution in [3.63, 3.8) is 0 Å². The quantitative estimate of drug-likeness (QED) is 0.886. The minimum atomic E-state index is -0.608. The zero-order chi connectivity index (χ0) is 14.4. The van der Waals surface area contributed by atoms with Gasteiger partial charge in [0.05, 0.1) is 0 Å². The highest BCUT2D eigenvalue weighted by Gasteiger charge is 2.18. The summed E-state index contributed by atoms with van der Waals surface area (Å²) in [6.45, 7) is -0.404. The smallest absolute Gasteiger partial charge is 0.321 e. The van der Waals surface area contributed by atoms with Gasteiger partial charge in [-0.15, -0.1) is 0 Å². The molecule has 1 fully saturated rings. The maximum absolute atomic E-state index is 13.2. The molecule has 3 amide bonds. The van der Waals surface area contributed by atoms with Crippen molar-refractivity contribution < 1.29 is 18.7 Å². The van der Waals surface area contributed by atoms with Crippen molar-refractivity contribution in [2.24, 2.45) is 0 Å². The summed E-state index contributed by atoms with van der Waals surface area (Å²) in [7, 11) is 0. The van der Waals surface area contributed by atoms with Crippen LogP contribution in [-0.2, 0) is 4.79 Å². The van der Waals surface area contributed by atoms with Crippen LogP contribution >= 0.6 is 0 Å². The Morgan fingerprint density at radius 1 is 1.25 bits per heavy atom. The topological polar surface area (TPSA) is 67.4 Å². The molecule has 0 spiro atoms. The van der Waals surface area contributed by atoms with Gasteiger partial charge in [-0.3, -0.25) is 10.1 Å². The third kappa shape index (κ3) is 4.22. The molecule has 2 rings (SSSR count). The van der Waals surface area contributed by atoms with Crippen molar-refractivity contribution in [2.45, 2.75) is 31.7 Å². The van der Waals surface area contributed by atoms with Crippen LogP contribution in [0.15, 0.2) is 24.3 Å². The summed E-state index contributed by atoms with van der Waals surface area (Å²) in [6.07, 6.45) is 4.06. The first-order chi connectivity index (χ1) is 9.65. The first-order valence-electron chi connectivity index (χ1n) is 6.63. The lowest BCUT2D eigenvalue weighted by Gasteiger charge is -2.12. The van der Waals surface area contributed by atoms with Gasteiger partial charge in [0, 0.05) is 6.04 Å². The van der Waals surface area contributed by atoms with Gasteiger partial charge >= 0.3 is 6.03 Å². The minimum absolute atomic E-state index is 0.0150. The fourth-order valence-electron chi connectivity index (χ4n) is 2.16. The van der Waals surface area contributed by atoms with Gasteiger partial charge in [-0.2, -0.15) is 0 Å². The Morgan fingerprint density at radius 3 is 2.65 bits per heavy atom. The van der Waals surface area contributed by atoms with E-state index in [1.165, 1.54) is 18.2 Å². The van der Waals surface area contributed by atoms with Gasteiger partial charge in [0.2, 0.25) is 0 Å². The Morgan fingerprint density at radius 2 is 1.95 bits per heavy atom. The molecule has 108 valence electrons. The Kier molecular flexibility index (Phi) is 4.92. The van der Waals surface area contributed by atoms with Crippen LogP contribution in [0.3, 0.4) is 0 Å². The number of urea groups is 1. The molecule has 1 aromatic rings. The highest BCUT2D eigenvalue weighted by Crippen LogP contribution is 2.17. The highest BCUT2D eigenvalue weighted by molar-refractivity contribution is 5.95. The molecule has 0 bridgehead atoms. The number of halogens is 1. The van der Waals surface area contributed by atoms with E-state index < -0.39 is 24.4 Å². The van der Waals surface area contributed by atoms with Crippen molar-refractivity contribution in [3.05, 3.63) is 30.1 Å². The second-order valence-corrected chi connectivity index (χ2v) is 4.72. The molecule has 1 aliphatic carbocycles. The zero-order valence-corrected chi connectivity index (χ0v) is 11.0. The normalized spacial score (nSPS) is 14.8. The Hall–Kier alpha value is -2.11. The predicted octanol–water partition coefficient (Wildman–Crippen LogP) is 1.97. The molecule has 1 aliphatic rings. The maximum atomic E-state index is 13.2. The van der Waals surface area contributed by atoms with Crippen molar-refractivity contribution in [3.8, 4) is 5.75 Å². The molecule has 20 heavy (non-hydrogen) atoms. The van der Waals surface area contributed by atoms with Gasteiger partial charge in [0.1, 0.15) is 0 Å². The van der Waals surface area contributed by atoms with Gasteiger partial charge < -0.3 is 10.1 Å². The average molecular weight is 280 g/mol. The molecule has 0 heterocycles. The Labute approximate surface area is 116 Å². The number of nitrogens with one attached hydrogen (secondary N) is 2. The Bertz CT molecular complexity index is 487. The molecule has 0 aromatic heterocycles. The molecule has 1 aromatic carbocycles. The standard InChI is InChI=1S/C14H17FN2O3/c15-11-7-3-4-8-12(11)20-9-13(18)17-14(19)16-10-5-1-2-6-10/h3-4,7-8,10H,1-2,5-6,9H2,(H2,16,17,18,19). The summed E-state index contributed by atoms with van der Waals surface area (Å²) < 4.78 is 18.2. The molecule has 5 nitrogen and oxygen atoms in total. The van der Waals surface area contributed by atoms with Crippen molar-refractivity contribution in [1.82, 2.24) is 10.6 Å². The fraction of sp³-hybridized carbons (Fsp3) is 0.429. The number of benzene rings is 1. The number of carbonyl (C=O) groups excluding carboxylic acids is 2. The van der Waals surface area contributed by atoms with Crippen LogP contribution < -0.4 is 15.4 Å². The van der Waals surface area contributed by atoms with Gasteiger partial charge in [0.25, 0.3) is 5.91 Å². The van der Waals surface area contributed by atoms with Crippen LogP contribution in [0.5, 0.6) is 5.75 Å². The maximum Gasteiger partial charge on any atom is 0.321 e. The molecule has 1 saturated carbocycles. The molecule has 6 heteroatoms. The number of imide groups is 1. The van der Waals surface area contributed by atoms with E-state index in [1.54, 1.807) is 6.07 Å². The average Bonchev–Trinajstić information content (AvgIpc) is 2.90. The molecule has 0 radical (unpaired) electrons. The second-order valence-electron chi connectivity index (χ2n) is 4.72.